The molecule has 1 aliphatic rings. The molecule has 1 saturated heterocycles. The van der Waals surface area contributed by atoms with E-state index in [1.807, 2.05) is 54.6 Å². The minimum Gasteiger partial charge on any atom is -0.497 e. The Hall–Kier alpha value is -3.15. The molecular weight excluding hydrogens is 400 g/mol. The van der Waals surface area contributed by atoms with Crippen LogP contribution in [0.1, 0.15) is 33.1 Å². The summed E-state index contributed by atoms with van der Waals surface area (Å²) in [5, 5.41) is 3.20. The molecule has 0 aromatic heterocycles. The second-order valence-electron chi connectivity index (χ2n) is 7.97. The smallest absolute Gasteiger partial charge is 0.251 e. The number of hydrogen-bond acceptors (Lipinski definition) is 4. The number of nitrogens with one attached hydrogen (secondary N) is 1. The van der Waals surface area contributed by atoms with Gasteiger partial charge in [0.15, 0.2) is 0 Å². The van der Waals surface area contributed by atoms with Crippen LogP contribution in [-0.2, 0) is 11.2 Å². The van der Waals surface area contributed by atoms with Crippen molar-refractivity contribution < 1.29 is 14.3 Å². The van der Waals surface area contributed by atoms with Gasteiger partial charge >= 0.3 is 0 Å². The maximum absolute atomic E-state index is 13.2. The molecule has 32 heavy (non-hydrogen) atoms. The molecule has 1 atom stereocenters. The summed E-state index contributed by atoms with van der Waals surface area (Å²) in [7, 11) is 1.67. The average Bonchev–Trinajstić information content (AvgIpc) is 2.86. The number of methoxy groups -OCH3 is 1. The second-order valence-corrected chi connectivity index (χ2v) is 7.97. The van der Waals surface area contributed by atoms with Gasteiger partial charge in [0, 0.05) is 25.2 Å². The quantitative estimate of drug-likeness (QED) is 0.585. The van der Waals surface area contributed by atoms with E-state index in [1.165, 1.54) is 5.56 Å². The molecule has 166 valence electrons. The molecule has 4 rings (SSSR count). The Labute approximate surface area is 190 Å². The number of amides is 1. The third-order valence-corrected chi connectivity index (χ3v) is 5.94. The first kappa shape index (κ1) is 22.1. The number of benzene rings is 3. The summed E-state index contributed by atoms with van der Waals surface area (Å²) in [5.74, 6) is 0.789. The standard InChI is InChI=1S/C27H30N2O3/c1-31-24-13-11-22(12-14-24)26(29-15-17-32-18-16-29)20-28-27(30)25-10-6-5-9-23(25)19-21-7-3-2-4-8-21/h2-14,26H,15-20H2,1H3,(H,28,30). The van der Waals surface area contributed by atoms with Crippen molar-refractivity contribution in [3.05, 3.63) is 101 Å². The van der Waals surface area contributed by atoms with Crippen molar-refractivity contribution in [3.8, 4) is 5.75 Å². The van der Waals surface area contributed by atoms with Gasteiger partial charge < -0.3 is 14.8 Å². The van der Waals surface area contributed by atoms with Crippen molar-refractivity contribution in [2.75, 3.05) is 40.0 Å². The van der Waals surface area contributed by atoms with Crippen LogP contribution >= 0.6 is 0 Å². The third kappa shape index (κ3) is 5.55. The zero-order chi connectivity index (χ0) is 22.2. The number of ether oxygens (including phenoxy) is 2. The lowest BCUT2D eigenvalue weighted by atomic mass is 9.99. The van der Waals surface area contributed by atoms with Gasteiger partial charge in [-0.25, -0.2) is 0 Å². The van der Waals surface area contributed by atoms with Crippen molar-refractivity contribution >= 4 is 5.91 Å². The molecule has 0 bridgehead atoms. The van der Waals surface area contributed by atoms with Gasteiger partial charge in [-0.15, -0.1) is 0 Å². The van der Waals surface area contributed by atoms with Crippen molar-refractivity contribution in [2.45, 2.75) is 12.5 Å². The van der Waals surface area contributed by atoms with E-state index in [1.54, 1.807) is 7.11 Å². The Morgan fingerprint density at radius 3 is 2.38 bits per heavy atom. The van der Waals surface area contributed by atoms with Crippen LogP contribution < -0.4 is 10.1 Å². The summed E-state index contributed by atoms with van der Waals surface area (Å²) in [4.78, 5) is 15.6. The fourth-order valence-electron chi connectivity index (χ4n) is 4.17. The van der Waals surface area contributed by atoms with Gasteiger partial charge in [-0.3, -0.25) is 9.69 Å². The maximum atomic E-state index is 13.2. The van der Waals surface area contributed by atoms with E-state index in [0.717, 1.165) is 42.0 Å². The molecule has 1 aliphatic heterocycles. The van der Waals surface area contributed by atoms with E-state index >= 15 is 0 Å². The number of carbonyl (C=O) groups excluding carboxylic acids is 1. The average molecular weight is 431 g/mol. The molecule has 0 saturated carbocycles. The van der Waals surface area contributed by atoms with E-state index in [4.69, 9.17) is 9.47 Å². The largest absolute Gasteiger partial charge is 0.497 e. The number of carbonyl (C=O) groups is 1. The number of morpholine rings is 1. The van der Waals surface area contributed by atoms with Crippen molar-refractivity contribution in [1.82, 2.24) is 10.2 Å². The summed E-state index contributed by atoms with van der Waals surface area (Å²) in [5.41, 5.74) is 4.11. The maximum Gasteiger partial charge on any atom is 0.251 e. The summed E-state index contributed by atoms with van der Waals surface area (Å²) >= 11 is 0. The minimum absolute atomic E-state index is 0.0386. The Morgan fingerprint density at radius 2 is 1.66 bits per heavy atom. The fourth-order valence-corrected chi connectivity index (χ4v) is 4.17. The lowest BCUT2D eigenvalue weighted by molar-refractivity contribution is 0.0162. The first-order valence-corrected chi connectivity index (χ1v) is 11.1. The molecule has 0 aliphatic carbocycles. The van der Waals surface area contributed by atoms with E-state index in [9.17, 15) is 4.79 Å². The summed E-state index contributed by atoms with van der Waals surface area (Å²) in [6.07, 6.45) is 0.732. The first-order chi connectivity index (χ1) is 15.7. The summed E-state index contributed by atoms with van der Waals surface area (Å²) in [6, 6.07) is 26.3. The minimum atomic E-state index is -0.0386. The molecule has 0 radical (unpaired) electrons. The molecule has 1 fully saturated rings. The molecule has 1 unspecified atom stereocenters. The highest BCUT2D eigenvalue weighted by Crippen LogP contribution is 2.24. The highest BCUT2D eigenvalue weighted by molar-refractivity contribution is 5.95. The van der Waals surface area contributed by atoms with Crippen molar-refractivity contribution in [3.63, 3.8) is 0 Å². The van der Waals surface area contributed by atoms with Crippen LogP contribution in [0.4, 0.5) is 0 Å². The summed E-state index contributed by atoms with van der Waals surface area (Å²) < 4.78 is 10.8. The molecular formula is C27H30N2O3. The molecule has 1 N–H and O–H groups in total. The van der Waals surface area contributed by atoms with Gasteiger partial charge in [0.2, 0.25) is 0 Å². The van der Waals surface area contributed by atoms with Crippen LogP contribution in [0.5, 0.6) is 5.75 Å². The van der Waals surface area contributed by atoms with Crippen LogP contribution in [-0.4, -0.2) is 50.8 Å². The van der Waals surface area contributed by atoms with Crippen LogP contribution in [0, 0.1) is 0 Å². The SMILES string of the molecule is COc1ccc(C(CNC(=O)c2ccccc2Cc2ccccc2)N2CCOCC2)cc1. The second kappa shape index (κ2) is 10.9. The molecule has 3 aromatic carbocycles. The first-order valence-electron chi connectivity index (χ1n) is 11.1. The zero-order valence-corrected chi connectivity index (χ0v) is 18.5. The van der Waals surface area contributed by atoms with E-state index in [2.05, 4.69) is 34.5 Å². The monoisotopic (exact) mass is 430 g/mol. The Bertz CT molecular complexity index is 999. The van der Waals surface area contributed by atoms with Gasteiger partial charge in [-0.1, -0.05) is 60.7 Å². The highest BCUT2D eigenvalue weighted by atomic mass is 16.5. The van der Waals surface area contributed by atoms with E-state index in [0.29, 0.717) is 19.8 Å². The Morgan fingerprint density at radius 1 is 0.969 bits per heavy atom. The predicted molar refractivity (Wildman–Crippen MR) is 126 cm³/mol. The molecule has 5 nitrogen and oxygen atoms in total. The lowest BCUT2D eigenvalue weighted by Gasteiger charge is -2.35. The van der Waals surface area contributed by atoms with Gasteiger partial charge in [-0.05, 0) is 41.3 Å². The van der Waals surface area contributed by atoms with Crippen LogP contribution in [0.15, 0.2) is 78.9 Å². The number of rotatable bonds is 8. The van der Waals surface area contributed by atoms with Crippen LogP contribution in [0.25, 0.3) is 0 Å². The molecule has 0 spiro atoms. The van der Waals surface area contributed by atoms with E-state index in [-0.39, 0.29) is 11.9 Å². The fraction of sp³-hybridized carbons (Fsp3) is 0.296. The normalized spacial score (nSPS) is 15.2. The predicted octanol–water partition coefficient (Wildman–Crippen LogP) is 4.09. The molecule has 5 heteroatoms. The zero-order valence-electron chi connectivity index (χ0n) is 18.5. The van der Waals surface area contributed by atoms with Gasteiger partial charge in [-0.2, -0.15) is 0 Å². The Balaban J connectivity index is 1.49. The third-order valence-electron chi connectivity index (χ3n) is 5.94. The van der Waals surface area contributed by atoms with E-state index < -0.39 is 0 Å². The Kier molecular flexibility index (Phi) is 7.54. The van der Waals surface area contributed by atoms with Crippen LogP contribution in [0.3, 0.4) is 0 Å². The van der Waals surface area contributed by atoms with Gasteiger partial charge in [0.1, 0.15) is 5.75 Å². The van der Waals surface area contributed by atoms with Crippen molar-refractivity contribution in [2.24, 2.45) is 0 Å². The van der Waals surface area contributed by atoms with Crippen LogP contribution in [0.2, 0.25) is 0 Å². The molecule has 1 amide bonds. The molecule has 1 heterocycles. The highest BCUT2D eigenvalue weighted by Gasteiger charge is 2.24. The number of hydrogen-bond donors (Lipinski definition) is 1. The number of nitrogens with zero attached hydrogens (tertiary/aromatic N) is 1. The summed E-state index contributed by atoms with van der Waals surface area (Å²) in [6.45, 7) is 3.64. The van der Waals surface area contributed by atoms with Gasteiger partial charge in [0.25, 0.3) is 5.91 Å². The lowest BCUT2D eigenvalue weighted by Crippen LogP contribution is -2.43. The van der Waals surface area contributed by atoms with Crippen molar-refractivity contribution in [1.29, 1.82) is 0 Å². The van der Waals surface area contributed by atoms with Gasteiger partial charge in [0.05, 0.1) is 26.4 Å². The molecule has 3 aromatic rings. The topological polar surface area (TPSA) is 50.8 Å².